The Labute approximate surface area is 121 Å². The van der Waals surface area contributed by atoms with Crippen molar-refractivity contribution in [2.45, 2.75) is 24.2 Å². The highest BCUT2D eigenvalue weighted by atomic mass is 32.2. The van der Waals surface area contributed by atoms with Crippen LogP contribution in [-0.4, -0.2) is 19.3 Å². The first-order valence-corrected chi connectivity index (χ1v) is 9.08. The van der Waals surface area contributed by atoms with E-state index in [2.05, 4.69) is 0 Å². The molecule has 2 aromatic heterocycles. The second kappa shape index (κ2) is 6.15. The topological polar surface area (TPSA) is 63.4 Å². The first-order valence-electron chi connectivity index (χ1n) is 5.88. The highest BCUT2D eigenvalue weighted by molar-refractivity contribution is 7.91. The molecule has 2 rings (SSSR count). The molecule has 4 nitrogen and oxygen atoms in total. The van der Waals surface area contributed by atoms with Gasteiger partial charge in [-0.05, 0) is 28.5 Å². The van der Waals surface area contributed by atoms with Crippen molar-refractivity contribution in [3.8, 4) is 0 Å². The lowest BCUT2D eigenvalue weighted by Gasteiger charge is -2.18. The maximum atomic E-state index is 12.5. The van der Waals surface area contributed by atoms with Gasteiger partial charge in [-0.1, -0.05) is 13.0 Å². The van der Waals surface area contributed by atoms with Crippen LogP contribution >= 0.6 is 22.7 Å². The van der Waals surface area contributed by atoms with Crippen LogP contribution in [0.15, 0.2) is 33.2 Å². The van der Waals surface area contributed by atoms with Crippen molar-refractivity contribution in [3.63, 3.8) is 0 Å². The van der Waals surface area contributed by atoms with Gasteiger partial charge < -0.3 is 5.73 Å². The number of sulfonamides is 1. The van der Waals surface area contributed by atoms with Gasteiger partial charge in [-0.25, -0.2) is 8.42 Å². The van der Waals surface area contributed by atoms with Crippen molar-refractivity contribution in [2.24, 2.45) is 5.73 Å². The summed E-state index contributed by atoms with van der Waals surface area (Å²) in [5.74, 6) is 0. The lowest BCUT2D eigenvalue weighted by Crippen LogP contribution is -2.29. The van der Waals surface area contributed by atoms with Gasteiger partial charge in [0.15, 0.2) is 0 Å². The van der Waals surface area contributed by atoms with E-state index < -0.39 is 10.0 Å². The van der Waals surface area contributed by atoms with Gasteiger partial charge in [-0.15, -0.1) is 22.7 Å². The van der Waals surface area contributed by atoms with Crippen LogP contribution in [-0.2, 0) is 23.1 Å². The zero-order valence-corrected chi connectivity index (χ0v) is 13.0. The molecule has 0 fully saturated rings. The summed E-state index contributed by atoms with van der Waals surface area (Å²) in [4.78, 5) is 1.04. The number of hydrogen-bond donors (Lipinski definition) is 1. The van der Waals surface area contributed by atoms with Crippen LogP contribution in [0.1, 0.15) is 17.4 Å². The monoisotopic (exact) mass is 316 g/mol. The van der Waals surface area contributed by atoms with Gasteiger partial charge >= 0.3 is 0 Å². The molecular formula is C12H16N2O2S3. The van der Waals surface area contributed by atoms with Gasteiger partial charge in [0.2, 0.25) is 0 Å². The third-order valence-electron chi connectivity index (χ3n) is 2.72. The van der Waals surface area contributed by atoms with Crippen molar-refractivity contribution >= 4 is 32.7 Å². The molecule has 0 saturated heterocycles. The van der Waals surface area contributed by atoms with E-state index in [1.54, 1.807) is 22.8 Å². The molecule has 0 radical (unpaired) electrons. The van der Waals surface area contributed by atoms with Gasteiger partial charge in [0.05, 0.1) is 0 Å². The molecule has 104 valence electrons. The number of nitrogens with two attached hydrogens (primary N) is 1. The number of thiophene rings is 2. The van der Waals surface area contributed by atoms with E-state index in [-0.39, 0.29) is 0 Å². The predicted octanol–water partition coefficient (Wildman–Crippen LogP) is 2.48. The highest BCUT2D eigenvalue weighted by Gasteiger charge is 2.25. The van der Waals surface area contributed by atoms with Crippen molar-refractivity contribution in [1.82, 2.24) is 4.31 Å². The van der Waals surface area contributed by atoms with Crippen molar-refractivity contribution in [3.05, 3.63) is 39.4 Å². The Bertz CT molecular complexity index is 617. The Morgan fingerprint density at radius 3 is 2.68 bits per heavy atom. The zero-order valence-electron chi connectivity index (χ0n) is 10.6. The molecule has 0 unspecified atom stereocenters. The summed E-state index contributed by atoms with van der Waals surface area (Å²) in [6, 6.07) is 5.54. The third-order valence-corrected chi connectivity index (χ3v) is 6.97. The van der Waals surface area contributed by atoms with Crippen LogP contribution in [0.3, 0.4) is 0 Å². The summed E-state index contributed by atoms with van der Waals surface area (Å²) in [6.45, 7) is 3.09. The van der Waals surface area contributed by atoms with Gasteiger partial charge in [-0.2, -0.15) is 4.31 Å². The first-order chi connectivity index (χ1) is 9.07. The first kappa shape index (κ1) is 14.7. The van der Waals surface area contributed by atoms with Gasteiger partial charge in [0.25, 0.3) is 10.0 Å². The van der Waals surface area contributed by atoms with Crippen LogP contribution in [0, 0.1) is 0 Å². The third kappa shape index (κ3) is 3.24. The molecule has 2 heterocycles. The standard InChI is InChI=1S/C12H16N2O2S3/c1-2-14(8-11-4-3-5-17-11)19(15,16)12-6-10(7-13)9-18-12/h3-6,9H,2,7-8,13H2,1H3. The Kier molecular flexibility index (Phi) is 4.75. The lowest BCUT2D eigenvalue weighted by molar-refractivity contribution is 0.428. The number of rotatable bonds is 6. The molecule has 0 bridgehead atoms. The normalized spacial score (nSPS) is 12.2. The minimum atomic E-state index is -3.41. The molecule has 0 spiro atoms. The number of nitrogens with zero attached hydrogens (tertiary/aromatic N) is 1. The van der Waals surface area contributed by atoms with Crippen LogP contribution < -0.4 is 5.73 Å². The van der Waals surface area contributed by atoms with E-state index in [9.17, 15) is 8.42 Å². The van der Waals surface area contributed by atoms with Crippen molar-refractivity contribution in [1.29, 1.82) is 0 Å². The van der Waals surface area contributed by atoms with Crippen LogP contribution in [0.5, 0.6) is 0 Å². The van der Waals surface area contributed by atoms with E-state index in [0.717, 1.165) is 10.4 Å². The van der Waals surface area contributed by atoms with Gasteiger partial charge in [-0.3, -0.25) is 0 Å². The smallest absolute Gasteiger partial charge is 0.252 e. The molecule has 7 heteroatoms. The van der Waals surface area contributed by atoms with E-state index in [4.69, 9.17) is 5.73 Å². The molecule has 0 aromatic carbocycles. The fourth-order valence-corrected chi connectivity index (χ4v) is 5.27. The minimum absolute atomic E-state index is 0.364. The molecule has 19 heavy (non-hydrogen) atoms. The summed E-state index contributed by atoms with van der Waals surface area (Å²) in [5.41, 5.74) is 6.38. The maximum absolute atomic E-state index is 12.5. The SMILES string of the molecule is CCN(Cc1cccs1)S(=O)(=O)c1cc(CN)cs1. The molecule has 2 aromatic rings. The number of hydrogen-bond acceptors (Lipinski definition) is 5. The van der Waals surface area contributed by atoms with E-state index in [1.807, 2.05) is 24.4 Å². The average molecular weight is 316 g/mol. The fourth-order valence-electron chi connectivity index (χ4n) is 1.67. The largest absolute Gasteiger partial charge is 0.326 e. The average Bonchev–Trinajstić information content (AvgIpc) is 3.06. The Morgan fingerprint density at radius 2 is 2.16 bits per heavy atom. The van der Waals surface area contributed by atoms with Gasteiger partial charge in [0, 0.05) is 24.5 Å². The molecule has 0 aliphatic rings. The van der Waals surface area contributed by atoms with E-state index in [0.29, 0.717) is 23.8 Å². The second-order valence-corrected chi connectivity index (χ2v) is 8.10. The Hall–Kier alpha value is -0.730. The molecule has 2 N–H and O–H groups in total. The van der Waals surface area contributed by atoms with Crippen LogP contribution in [0.2, 0.25) is 0 Å². The molecule has 0 saturated carbocycles. The van der Waals surface area contributed by atoms with Crippen molar-refractivity contribution < 1.29 is 8.42 Å². The van der Waals surface area contributed by atoms with Gasteiger partial charge in [0.1, 0.15) is 4.21 Å². The highest BCUT2D eigenvalue weighted by Crippen LogP contribution is 2.25. The van der Waals surface area contributed by atoms with Crippen molar-refractivity contribution in [2.75, 3.05) is 6.54 Å². The fraction of sp³-hybridized carbons (Fsp3) is 0.333. The minimum Gasteiger partial charge on any atom is -0.326 e. The van der Waals surface area contributed by atoms with E-state index >= 15 is 0 Å². The Morgan fingerprint density at radius 1 is 1.37 bits per heavy atom. The van der Waals surface area contributed by atoms with Crippen LogP contribution in [0.4, 0.5) is 0 Å². The van der Waals surface area contributed by atoms with E-state index in [1.165, 1.54) is 15.6 Å². The summed E-state index contributed by atoms with van der Waals surface area (Å²) in [7, 11) is -3.41. The molecule has 0 atom stereocenters. The lowest BCUT2D eigenvalue weighted by atomic mass is 10.4. The maximum Gasteiger partial charge on any atom is 0.252 e. The second-order valence-electron chi connectivity index (χ2n) is 3.99. The van der Waals surface area contributed by atoms with Crippen LogP contribution in [0.25, 0.3) is 0 Å². The summed E-state index contributed by atoms with van der Waals surface area (Å²) >= 11 is 2.80. The zero-order chi connectivity index (χ0) is 13.9. The summed E-state index contributed by atoms with van der Waals surface area (Å²) < 4.78 is 26.9. The molecule has 0 aliphatic heterocycles. The Balaban J connectivity index is 2.25. The predicted molar refractivity (Wildman–Crippen MR) is 79.8 cm³/mol. The molecule has 0 amide bonds. The quantitative estimate of drug-likeness (QED) is 0.890. The summed E-state index contributed by atoms with van der Waals surface area (Å²) in [5, 5.41) is 3.75. The molecule has 0 aliphatic carbocycles. The molecular weight excluding hydrogens is 300 g/mol. The summed E-state index contributed by atoms with van der Waals surface area (Å²) in [6.07, 6.45) is 0.